The molecule has 0 aromatic carbocycles. The standard InChI is InChI=1S/C12H21N3O/c1-10(2)5-9-15-8-3-7-14-12(16)11(15)4-6-13/h10-11H,3-5,7-9H2,1-2H3,(H,14,16). The average Bonchev–Trinajstić information content (AvgIpc) is 2.40. The van der Waals surface area contributed by atoms with E-state index < -0.39 is 0 Å². The van der Waals surface area contributed by atoms with E-state index in [0.717, 1.165) is 32.5 Å². The highest BCUT2D eigenvalue weighted by Gasteiger charge is 2.27. The fourth-order valence-corrected chi connectivity index (χ4v) is 1.93. The number of carbonyl (C=O) groups is 1. The number of nitriles is 1. The molecule has 1 N–H and O–H groups in total. The van der Waals surface area contributed by atoms with E-state index >= 15 is 0 Å². The third kappa shape index (κ3) is 3.82. The van der Waals surface area contributed by atoms with Gasteiger partial charge in [0.05, 0.1) is 12.5 Å². The third-order valence-electron chi connectivity index (χ3n) is 2.94. The molecule has 1 rings (SSSR count). The van der Waals surface area contributed by atoms with Crippen molar-refractivity contribution in [3.63, 3.8) is 0 Å². The molecule has 0 aromatic rings. The molecule has 1 atom stereocenters. The molecule has 0 radical (unpaired) electrons. The van der Waals surface area contributed by atoms with E-state index in [-0.39, 0.29) is 11.9 Å². The normalized spacial score (nSPS) is 22.6. The van der Waals surface area contributed by atoms with Crippen molar-refractivity contribution in [1.82, 2.24) is 10.2 Å². The Morgan fingerprint density at radius 2 is 2.38 bits per heavy atom. The molecule has 4 nitrogen and oxygen atoms in total. The Hall–Kier alpha value is -1.08. The van der Waals surface area contributed by atoms with Crippen LogP contribution >= 0.6 is 0 Å². The van der Waals surface area contributed by atoms with Crippen LogP contribution in [0.2, 0.25) is 0 Å². The fourth-order valence-electron chi connectivity index (χ4n) is 1.93. The van der Waals surface area contributed by atoms with Crippen LogP contribution in [-0.2, 0) is 4.79 Å². The molecule has 4 heteroatoms. The van der Waals surface area contributed by atoms with Crippen molar-refractivity contribution in [3.8, 4) is 6.07 Å². The van der Waals surface area contributed by atoms with Crippen molar-refractivity contribution in [3.05, 3.63) is 0 Å². The second-order valence-corrected chi connectivity index (χ2v) is 4.74. The van der Waals surface area contributed by atoms with E-state index in [2.05, 4.69) is 30.1 Å². The van der Waals surface area contributed by atoms with Crippen molar-refractivity contribution < 1.29 is 4.79 Å². The molecular weight excluding hydrogens is 202 g/mol. The number of nitrogens with one attached hydrogen (secondary N) is 1. The Morgan fingerprint density at radius 1 is 1.62 bits per heavy atom. The number of rotatable bonds is 4. The molecular formula is C12H21N3O. The first-order chi connectivity index (χ1) is 7.65. The quantitative estimate of drug-likeness (QED) is 0.777. The summed E-state index contributed by atoms with van der Waals surface area (Å²) in [4.78, 5) is 13.9. The highest BCUT2D eigenvalue weighted by molar-refractivity contribution is 5.82. The molecule has 0 aliphatic carbocycles. The second-order valence-electron chi connectivity index (χ2n) is 4.74. The van der Waals surface area contributed by atoms with Crippen LogP contribution in [0, 0.1) is 17.2 Å². The van der Waals surface area contributed by atoms with Crippen molar-refractivity contribution in [2.45, 2.75) is 39.2 Å². The van der Waals surface area contributed by atoms with Crippen LogP contribution in [0.15, 0.2) is 0 Å². The number of carbonyl (C=O) groups excluding carboxylic acids is 1. The van der Waals surface area contributed by atoms with Gasteiger partial charge in [-0.25, -0.2) is 0 Å². The van der Waals surface area contributed by atoms with Crippen LogP contribution in [0.4, 0.5) is 0 Å². The highest BCUT2D eigenvalue weighted by atomic mass is 16.2. The van der Waals surface area contributed by atoms with Gasteiger partial charge in [-0.1, -0.05) is 13.8 Å². The molecule has 1 amide bonds. The van der Waals surface area contributed by atoms with Crippen LogP contribution in [-0.4, -0.2) is 36.5 Å². The summed E-state index contributed by atoms with van der Waals surface area (Å²) in [7, 11) is 0. The molecule has 1 heterocycles. The molecule has 0 bridgehead atoms. The van der Waals surface area contributed by atoms with E-state index in [1.165, 1.54) is 0 Å². The fraction of sp³-hybridized carbons (Fsp3) is 0.833. The van der Waals surface area contributed by atoms with Crippen LogP contribution in [0.3, 0.4) is 0 Å². The Morgan fingerprint density at radius 3 is 3.00 bits per heavy atom. The van der Waals surface area contributed by atoms with Crippen LogP contribution in [0.25, 0.3) is 0 Å². The van der Waals surface area contributed by atoms with Gasteiger partial charge in [-0.15, -0.1) is 0 Å². The summed E-state index contributed by atoms with van der Waals surface area (Å²) in [6, 6.07) is 1.87. The molecule has 1 fully saturated rings. The molecule has 1 saturated heterocycles. The summed E-state index contributed by atoms with van der Waals surface area (Å²) < 4.78 is 0. The molecule has 1 aliphatic rings. The summed E-state index contributed by atoms with van der Waals surface area (Å²) in [5.74, 6) is 0.650. The van der Waals surface area contributed by atoms with Gasteiger partial charge in [-0.3, -0.25) is 9.69 Å². The maximum Gasteiger partial charge on any atom is 0.238 e. The number of hydrogen-bond acceptors (Lipinski definition) is 3. The van der Waals surface area contributed by atoms with Gasteiger partial charge >= 0.3 is 0 Å². The lowest BCUT2D eigenvalue weighted by molar-refractivity contribution is -0.125. The highest BCUT2D eigenvalue weighted by Crippen LogP contribution is 2.11. The SMILES string of the molecule is CC(C)CCN1CCCNC(=O)C1CC#N. The maximum atomic E-state index is 11.8. The maximum absolute atomic E-state index is 11.8. The van der Waals surface area contributed by atoms with Crippen molar-refractivity contribution in [2.75, 3.05) is 19.6 Å². The average molecular weight is 223 g/mol. The summed E-state index contributed by atoms with van der Waals surface area (Å²) in [6.07, 6.45) is 2.35. The largest absolute Gasteiger partial charge is 0.355 e. The smallest absolute Gasteiger partial charge is 0.238 e. The first-order valence-electron chi connectivity index (χ1n) is 6.04. The Kier molecular flexibility index (Phi) is 5.27. The summed E-state index contributed by atoms with van der Waals surface area (Å²) >= 11 is 0. The summed E-state index contributed by atoms with van der Waals surface area (Å²) in [6.45, 7) is 6.92. The lowest BCUT2D eigenvalue weighted by Gasteiger charge is -2.27. The van der Waals surface area contributed by atoms with Gasteiger partial charge < -0.3 is 5.32 Å². The third-order valence-corrected chi connectivity index (χ3v) is 2.94. The van der Waals surface area contributed by atoms with Crippen molar-refractivity contribution in [1.29, 1.82) is 5.26 Å². The second kappa shape index (κ2) is 6.49. The van der Waals surface area contributed by atoms with E-state index in [4.69, 9.17) is 5.26 Å². The monoisotopic (exact) mass is 223 g/mol. The van der Waals surface area contributed by atoms with Crippen molar-refractivity contribution >= 4 is 5.91 Å². The molecule has 0 spiro atoms. The van der Waals surface area contributed by atoms with Crippen LogP contribution in [0.1, 0.15) is 33.1 Å². The molecule has 1 unspecified atom stereocenters. The molecule has 0 saturated carbocycles. The van der Waals surface area contributed by atoms with Crippen molar-refractivity contribution in [2.24, 2.45) is 5.92 Å². The predicted molar refractivity (Wildman–Crippen MR) is 62.7 cm³/mol. The Labute approximate surface area is 97.6 Å². The molecule has 0 aromatic heterocycles. The lowest BCUT2D eigenvalue weighted by atomic mass is 10.1. The Bertz CT molecular complexity index is 270. The number of nitrogens with zero attached hydrogens (tertiary/aromatic N) is 2. The predicted octanol–water partition coefficient (Wildman–Crippen LogP) is 1.14. The lowest BCUT2D eigenvalue weighted by Crippen LogP contribution is -2.44. The summed E-state index contributed by atoms with van der Waals surface area (Å²) in [5.41, 5.74) is 0. The minimum absolute atomic E-state index is 0.0165. The van der Waals surface area contributed by atoms with Gasteiger partial charge in [0, 0.05) is 13.1 Å². The summed E-state index contributed by atoms with van der Waals surface area (Å²) in [5, 5.41) is 11.6. The minimum Gasteiger partial charge on any atom is -0.355 e. The van der Waals surface area contributed by atoms with E-state index in [1.54, 1.807) is 0 Å². The van der Waals surface area contributed by atoms with E-state index in [1.807, 2.05) is 0 Å². The van der Waals surface area contributed by atoms with Gasteiger partial charge in [0.25, 0.3) is 0 Å². The minimum atomic E-state index is -0.244. The van der Waals surface area contributed by atoms with Gasteiger partial charge in [0.2, 0.25) is 5.91 Å². The van der Waals surface area contributed by atoms with Crippen LogP contribution < -0.4 is 5.32 Å². The zero-order chi connectivity index (χ0) is 12.0. The zero-order valence-corrected chi connectivity index (χ0v) is 10.2. The first-order valence-corrected chi connectivity index (χ1v) is 6.04. The molecule has 90 valence electrons. The Balaban J connectivity index is 2.60. The van der Waals surface area contributed by atoms with Gasteiger partial charge in [0.15, 0.2) is 0 Å². The number of amides is 1. The first kappa shape index (κ1) is 13.0. The zero-order valence-electron chi connectivity index (χ0n) is 10.2. The van der Waals surface area contributed by atoms with Gasteiger partial charge in [-0.05, 0) is 25.3 Å². The van der Waals surface area contributed by atoms with Gasteiger partial charge in [0.1, 0.15) is 6.04 Å². The van der Waals surface area contributed by atoms with E-state index in [9.17, 15) is 4.79 Å². The van der Waals surface area contributed by atoms with E-state index in [0.29, 0.717) is 12.3 Å². The molecule has 16 heavy (non-hydrogen) atoms. The van der Waals surface area contributed by atoms with Crippen LogP contribution in [0.5, 0.6) is 0 Å². The topological polar surface area (TPSA) is 56.1 Å². The number of hydrogen-bond donors (Lipinski definition) is 1. The van der Waals surface area contributed by atoms with Gasteiger partial charge in [-0.2, -0.15) is 5.26 Å². The molecule has 1 aliphatic heterocycles.